The first kappa shape index (κ1) is 4.50. The summed E-state index contributed by atoms with van der Waals surface area (Å²) in [5.74, 6) is -2.32. The van der Waals surface area contributed by atoms with E-state index in [0.29, 0.717) is 0 Å². The third-order valence-electron chi connectivity index (χ3n) is 1.35. The zero-order valence-corrected chi connectivity index (χ0v) is 6.44. The average molecular weight is 187 g/mol. The number of phenolic OH excluding ortho intramolecular Hbond substituents is 2. The maximum absolute atomic E-state index is 11.5. The lowest BCUT2D eigenvalue weighted by Crippen LogP contribution is -2.03. The van der Waals surface area contributed by atoms with Crippen LogP contribution in [0.4, 0.5) is 0 Å². The Morgan fingerprint density at radius 3 is 3.00 bits per heavy atom. The largest absolute Gasteiger partial charge is 0.504 e. The van der Waals surface area contributed by atoms with Gasteiger partial charge in [-0.1, -0.05) is 0 Å². The highest BCUT2D eigenvalue weighted by atomic mass is 16.5. The Balaban J connectivity index is 2.93. The molecule has 0 saturated heterocycles. The first-order valence-electron chi connectivity index (χ1n) is 5.80. The van der Waals surface area contributed by atoms with Gasteiger partial charge in [0.15, 0.2) is 11.5 Å². The van der Waals surface area contributed by atoms with E-state index in [1.807, 2.05) is 0 Å². The van der Waals surface area contributed by atoms with Crippen molar-refractivity contribution in [3.05, 3.63) is 23.8 Å². The Hall–Kier alpha value is -1.71. The van der Waals surface area contributed by atoms with E-state index in [1.54, 1.807) is 0 Å². The molecule has 0 aliphatic carbocycles. The first-order valence-corrected chi connectivity index (χ1v) is 3.30. The van der Waals surface area contributed by atoms with Crippen LogP contribution >= 0.6 is 0 Å². The molecule has 0 amide bonds. The highest BCUT2D eigenvalue weighted by Crippen LogP contribution is 2.24. The van der Waals surface area contributed by atoms with Gasteiger partial charge in [-0.15, -0.1) is 0 Å². The molecule has 0 saturated carbocycles. The summed E-state index contributed by atoms with van der Waals surface area (Å²) in [6, 6.07) is 2.90. The van der Waals surface area contributed by atoms with Gasteiger partial charge >= 0.3 is 5.97 Å². The van der Waals surface area contributed by atoms with Crippen molar-refractivity contribution < 1.29 is 26.6 Å². The van der Waals surface area contributed by atoms with E-state index in [0.717, 1.165) is 18.2 Å². The maximum atomic E-state index is 11.5. The topological polar surface area (TPSA) is 66.8 Å². The van der Waals surface area contributed by atoms with Crippen molar-refractivity contribution in [1.29, 1.82) is 0 Å². The summed E-state index contributed by atoms with van der Waals surface area (Å²) in [5.41, 5.74) is -0.279. The van der Waals surface area contributed by atoms with Crippen LogP contribution in [0.5, 0.6) is 11.5 Å². The summed E-state index contributed by atoms with van der Waals surface area (Å²) < 4.78 is 39.0. The molecular formula is C9H10O4. The lowest BCUT2D eigenvalue weighted by Gasteiger charge is -2.02. The molecule has 0 aliphatic heterocycles. The predicted molar refractivity (Wildman–Crippen MR) is 45.7 cm³/mol. The van der Waals surface area contributed by atoms with E-state index in [9.17, 15) is 4.79 Å². The minimum atomic E-state index is -3.14. The molecule has 0 heterocycles. The molecule has 1 aromatic carbocycles. The van der Waals surface area contributed by atoms with Gasteiger partial charge in [-0.3, -0.25) is 0 Å². The van der Waals surface area contributed by atoms with E-state index < -0.39 is 30.9 Å². The van der Waals surface area contributed by atoms with Crippen LogP contribution < -0.4 is 0 Å². The number of hydrogen-bond acceptors (Lipinski definition) is 4. The zero-order valence-electron chi connectivity index (χ0n) is 11.4. The third-order valence-corrected chi connectivity index (χ3v) is 1.35. The number of benzene rings is 1. The Morgan fingerprint density at radius 1 is 1.62 bits per heavy atom. The van der Waals surface area contributed by atoms with Crippen molar-refractivity contribution in [2.24, 2.45) is 0 Å². The predicted octanol–water partition coefficient (Wildman–Crippen LogP) is 1.27. The second-order valence-electron chi connectivity index (χ2n) is 2.20. The molecule has 0 bridgehead atoms. The van der Waals surface area contributed by atoms with Crippen LogP contribution in [0, 0.1) is 0 Å². The Bertz CT molecular complexity index is 469. The molecule has 13 heavy (non-hydrogen) atoms. The number of hydrogen-bond donors (Lipinski definition) is 2. The fraction of sp³-hybridized carbons (Fsp3) is 0.222. The first-order chi connectivity index (χ1) is 8.04. The Kier molecular flexibility index (Phi) is 1.32. The van der Waals surface area contributed by atoms with Crippen molar-refractivity contribution in [3.8, 4) is 11.5 Å². The fourth-order valence-electron chi connectivity index (χ4n) is 0.756. The monoisotopic (exact) mass is 187 g/mol. The molecule has 0 unspecified atom stereocenters. The summed E-state index contributed by atoms with van der Waals surface area (Å²) in [6.45, 7) is -6.26. The summed E-state index contributed by atoms with van der Waals surface area (Å²) >= 11 is 0. The van der Waals surface area contributed by atoms with Crippen LogP contribution in [0.3, 0.4) is 0 Å². The van der Waals surface area contributed by atoms with Gasteiger partial charge in [0.2, 0.25) is 0 Å². The molecular weight excluding hydrogens is 172 g/mol. The number of carbonyl (C=O) groups excluding carboxylic acids is 1. The van der Waals surface area contributed by atoms with Gasteiger partial charge < -0.3 is 14.9 Å². The van der Waals surface area contributed by atoms with Crippen LogP contribution in [0.15, 0.2) is 18.2 Å². The SMILES string of the molecule is [2H]C([2H])([2H])C([2H])([2H])OC(=O)c1ccc(O)c(O)c1. The number of carbonyl (C=O) groups is 1. The van der Waals surface area contributed by atoms with E-state index in [-0.39, 0.29) is 5.56 Å². The van der Waals surface area contributed by atoms with Crippen LogP contribution in [0.2, 0.25) is 0 Å². The molecule has 0 atom stereocenters. The van der Waals surface area contributed by atoms with Crippen LogP contribution in [-0.2, 0) is 4.74 Å². The van der Waals surface area contributed by atoms with Crippen molar-refractivity contribution in [3.63, 3.8) is 0 Å². The van der Waals surface area contributed by atoms with Crippen molar-refractivity contribution in [2.75, 3.05) is 6.56 Å². The molecule has 0 radical (unpaired) electrons. The third kappa shape index (κ3) is 2.11. The molecule has 1 aromatic rings. The maximum Gasteiger partial charge on any atom is 0.338 e. The normalized spacial score (nSPS) is 17.4. The number of esters is 1. The molecule has 4 heteroatoms. The standard InChI is InChI=1S/C9H10O4/c1-2-13-9(12)6-3-4-7(10)8(11)5-6/h3-5,10-11H,2H2,1H3/i1D3,2D2. The van der Waals surface area contributed by atoms with Crippen LogP contribution in [0.25, 0.3) is 0 Å². The van der Waals surface area contributed by atoms with Crippen molar-refractivity contribution in [2.45, 2.75) is 6.85 Å². The number of ether oxygens (including phenoxy) is 1. The molecule has 1 rings (SSSR count). The van der Waals surface area contributed by atoms with Gasteiger partial charge in [0.05, 0.1) is 14.9 Å². The molecule has 4 nitrogen and oxygen atoms in total. The summed E-state index contributed by atoms with van der Waals surface area (Å²) in [6.07, 6.45) is 0. The summed E-state index contributed by atoms with van der Waals surface area (Å²) in [7, 11) is 0. The Labute approximate surface area is 82.4 Å². The van der Waals surface area contributed by atoms with Crippen LogP contribution in [0.1, 0.15) is 24.1 Å². The van der Waals surface area contributed by atoms with Gasteiger partial charge in [0, 0.05) is 4.11 Å². The molecule has 2 N–H and O–H groups in total. The molecule has 70 valence electrons. The fourth-order valence-corrected chi connectivity index (χ4v) is 0.756. The average Bonchev–Trinajstić information content (AvgIpc) is 2.19. The molecule has 0 spiro atoms. The second-order valence-corrected chi connectivity index (χ2v) is 2.20. The van der Waals surface area contributed by atoms with Gasteiger partial charge in [-0.05, 0) is 25.1 Å². The van der Waals surface area contributed by atoms with Gasteiger partial charge in [-0.2, -0.15) is 0 Å². The lowest BCUT2D eigenvalue weighted by molar-refractivity contribution is 0.0526. The van der Waals surface area contributed by atoms with Gasteiger partial charge in [0.25, 0.3) is 0 Å². The van der Waals surface area contributed by atoms with Gasteiger partial charge in [-0.25, -0.2) is 4.79 Å². The quantitative estimate of drug-likeness (QED) is 0.540. The smallest absolute Gasteiger partial charge is 0.338 e. The second kappa shape index (κ2) is 3.80. The lowest BCUT2D eigenvalue weighted by atomic mass is 10.2. The minimum absolute atomic E-state index is 0.279. The summed E-state index contributed by atoms with van der Waals surface area (Å²) in [4.78, 5) is 11.5. The van der Waals surface area contributed by atoms with Gasteiger partial charge in [0.1, 0.15) is 0 Å². The summed E-state index contributed by atoms with van der Waals surface area (Å²) in [5, 5.41) is 18.2. The highest BCUT2D eigenvalue weighted by Gasteiger charge is 2.08. The minimum Gasteiger partial charge on any atom is -0.504 e. The van der Waals surface area contributed by atoms with E-state index in [2.05, 4.69) is 4.74 Å². The highest BCUT2D eigenvalue weighted by molar-refractivity contribution is 5.90. The van der Waals surface area contributed by atoms with E-state index in [4.69, 9.17) is 17.1 Å². The number of phenols is 2. The van der Waals surface area contributed by atoms with Crippen LogP contribution in [-0.4, -0.2) is 22.7 Å². The Morgan fingerprint density at radius 2 is 2.38 bits per heavy atom. The number of rotatable bonds is 2. The van der Waals surface area contributed by atoms with E-state index in [1.165, 1.54) is 0 Å². The van der Waals surface area contributed by atoms with Crippen molar-refractivity contribution >= 4 is 5.97 Å². The molecule has 0 fully saturated rings. The van der Waals surface area contributed by atoms with E-state index >= 15 is 0 Å². The zero-order chi connectivity index (χ0) is 14.1. The number of aromatic hydroxyl groups is 2. The molecule has 0 aromatic heterocycles. The van der Waals surface area contributed by atoms with Crippen molar-refractivity contribution in [1.82, 2.24) is 0 Å². The molecule has 0 aliphatic rings.